The molecule has 1 fully saturated rings. The zero-order valence-electron chi connectivity index (χ0n) is 20.3. The number of methoxy groups -OCH3 is 1. The number of Topliss-reactive ketones (excluding diaryl/α,β-unsaturated/α-hetero) is 1. The monoisotopic (exact) mass is 549 g/mol. The maximum atomic E-state index is 13.6. The van der Waals surface area contributed by atoms with Crippen LogP contribution in [0.25, 0.3) is 10.8 Å². The zero-order chi connectivity index (χ0) is 28.3. The molecule has 13 heteroatoms. The third-order valence-corrected chi connectivity index (χ3v) is 6.34. The summed E-state index contributed by atoms with van der Waals surface area (Å²) in [4.78, 5) is 49.4. The molecule has 1 aliphatic rings. The van der Waals surface area contributed by atoms with E-state index in [0.717, 1.165) is 11.5 Å². The van der Waals surface area contributed by atoms with Crippen molar-refractivity contribution >= 4 is 57.1 Å². The molecule has 1 heterocycles. The summed E-state index contributed by atoms with van der Waals surface area (Å²) in [7, 11) is 1.31. The first-order valence-corrected chi connectivity index (χ1v) is 11.9. The van der Waals surface area contributed by atoms with E-state index in [1.54, 1.807) is 24.3 Å². The summed E-state index contributed by atoms with van der Waals surface area (Å²) >= 11 is 4.80. The number of nitro groups is 1. The number of hydrogen-bond donors (Lipinski definition) is 4. The third-order valence-electron chi connectivity index (χ3n) is 6.13. The average Bonchev–Trinajstić information content (AvgIpc) is 2.91. The third kappa shape index (κ3) is 5.78. The van der Waals surface area contributed by atoms with Gasteiger partial charge in [0.15, 0.2) is 16.8 Å². The van der Waals surface area contributed by atoms with E-state index in [0.29, 0.717) is 5.39 Å². The fraction of sp³-hybridized carbons (Fsp3) is 0.154. The molecule has 39 heavy (non-hydrogen) atoms. The van der Waals surface area contributed by atoms with Gasteiger partial charge in [-0.25, -0.2) is 0 Å². The van der Waals surface area contributed by atoms with E-state index in [4.69, 9.17) is 17.0 Å². The first kappa shape index (κ1) is 27.0. The lowest BCUT2D eigenvalue weighted by molar-refractivity contribution is -0.384. The Kier molecular flexibility index (Phi) is 7.72. The molecule has 1 atom stereocenters. The Labute approximate surface area is 226 Å². The summed E-state index contributed by atoms with van der Waals surface area (Å²) in [6, 6.07) is 15.5. The molecule has 2 amide bonds. The molecule has 0 radical (unpaired) electrons. The minimum absolute atomic E-state index is 0.0995. The summed E-state index contributed by atoms with van der Waals surface area (Å²) in [6.07, 6.45) is -0.596. The molecule has 3 aromatic carbocycles. The van der Waals surface area contributed by atoms with Gasteiger partial charge in [0, 0.05) is 11.5 Å². The summed E-state index contributed by atoms with van der Waals surface area (Å²) in [5, 5.41) is 43.8. The molecule has 0 saturated carbocycles. The average molecular weight is 550 g/mol. The van der Waals surface area contributed by atoms with E-state index < -0.39 is 58.1 Å². The van der Waals surface area contributed by atoms with Gasteiger partial charge in [-0.1, -0.05) is 42.2 Å². The number of carbonyl (C=O) groups is 3. The topological polar surface area (TPSA) is 183 Å². The molecule has 200 valence electrons. The Morgan fingerprint density at radius 2 is 1.77 bits per heavy atom. The smallest absolute Gasteiger partial charge is 0.296 e. The van der Waals surface area contributed by atoms with Gasteiger partial charge in [-0.2, -0.15) is 0 Å². The van der Waals surface area contributed by atoms with Gasteiger partial charge in [-0.3, -0.25) is 24.5 Å². The molecule has 1 aliphatic heterocycles. The zero-order valence-corrected chi connectivity index (χ0v) is 21.1. The lowest BCUT2D eigenvalue weighted by atomic mass is 9.85. The number of allylic oxidation sites excluding steroid dienone is 1. The first-order chi connectivity index (χ1) is 18.6. The van der Waals surface area contributed by atoms with Crippen LogP contribution in [-0.2, 0) is 9.59 Å². The van der Waals surface area contributed by atoms with Crippen LogP contribution >= 0.6 is 12.2 Å². The SMILES string of the molecule is COc1ccc(NC(O)=C([O-])C(CC2C(=O)NC(=S)NC2=O)C(=O)c2ccc3ccccc3c2)c([N+](=O)[O-])c1. The van der Waals surface area contributed by atoms with Crippen LogP contribution in [-0.4, -0.2) is 39.8 Å². The second-order valence-corrected chi connectivity index (χ2v) is 8.96. The van der Waals surface area contributed by atoms with Gasteiger partial charge in [0.05, 0.1) is 18.1 Å². The van der Waals surface area contributed by atoms with Crippen LogP contribution in [0.3, 0.4) is 0 Å². The molecular formula is C26H21N4O8S-. The van der Waals surface area contributed by atoms with Gasteiger partial charge in [-0.05, 0) is 47.6 Å². The van der Waals surface area contributed by atoms with E-state index in [2.05, 4.69) is 16.0 Å². The van der Waals surface area contributed by atoms with Gasteiger partial charge in [0.25, 0.3) is 5.69 Å². The van der Waals surface area contributed by atoms with Crippen molar-refractivity contribution in [2.24, 2.45) is 11.8 Å². The summed E-state index contributed by atoms with van der Waals surface area (Å²) in [5.74, 6) is -7.67. The number of ketones is 1. The van der Waals surface area contributed by atoms with E-state index in [9.17, 15) is 34.7 Å². The van der Waals surface area contributed by atoms with E-state index in [1.807, 2.05) is 12.1 Å². The van der Waals surface area contributed by atoms with Crippen molar-refractivity contribution in [1.82, 2.24) is 10.6 Å². The van der Waals surface area contributed by atoms with Gasteiger partial charge in [0.1, 0.15) is 17.4 Å². The van der Waals surface area contributed by atoms with E-state index in [1.165, 1.54) is 25.3 Å². The predicted molar refractivity (Wildman–Crippen MR) is 142 cm³/mol. The van der Waals surface area contributed by atoms with Gasteiger partial charge < -0.3 is 30.9 Å². The fourth-order valence-corrected chi connectivity index (χ4v) is 4.33. The number of carbonyl (C=O) groups excluding carboxylic acids is 3. The molecule has 3 aromatic rings. The quantitative estimate of drug-likeness (QED) is 0.0771. The number of hydrogen-bond acceptors (Lipinski definition) is 10. The number of ether oxygens (including phenoxy) is 1. The second-order valence-electron chi connectivity index (χ2n) is 8.55. The number of rotatable bonds is 9. The van der Waals surface area contributed by atoms with E-state index in [-0.39, 0.29) is 22.1 Å². The number of nitrogens with one attached hydrogen (secondary N) is 3. The normalized spacial score (nSPS) is 15.2. The lowest BCUT2D eigenvalue weighted by Crippen LogP contribution is -2.56. The van der Waals surface area contributed by atoms with Crippen LogP contribution in [0.2, 0.25) is 0 Å². The summed E-state index contributed by atoms with van der Waals surface area (Å²) < 4.78 is 4.98. The first-order valence-electron chi connectivity index (χ1n) is 11.5. The molecule has 12 nitrogen and oxygen atoms in total. The summed E-state index contributed by atoms with van der Waals surface area (Å²) in [6.45, 7) is 0. The summed E-state index contributed by atoms with van der Waals surface area (Å²) in [5.41, 5.74) is -0.657. The predicted octanol–water partition coefficient (Wildman–Crippen LogP) is 2.29. The Hall–Kier alpha value is -5.04. The standard InChI is InChI=1S/C26H22N4O8S/c1-38-16-8-9-19(20(11-16)30(36)37)27-25(35)22(32)17(12-18-23(33)28-26(39)29-24(18)34)21(31)15-7-6-13-4-2-3-5-14(13)10-15/h2-11,17-18,27,32,35H,12H2,1H3,(H2,28,29,33,34,39)/p-1. The molecular weight excluding hydrogens is 528 g/mol. The van der Waals surface area contributed by atoms with Crippen LogP contribution in [0.1, 0.15) is 16.8 Å². The van der Waals surface area contributed by atoms with Crippen molar-refractivity contribution in [3.8, 4) is 5.75 Å². The molecule has 0 aliphatic carbocycles. The number of anilines is 1. The highest BCUT2D eigenvalue weighted by Gasteiger charge is 2.37. The van der Waals surface area contributed by atoms with Crippen LogP contribution in [0.4, 0.5) is 11.4 Å². The van der Waals surface area contributed by atoms with Crippen molar-refractivity contribution in [1.29, 1.82) is 0 Å². The van der Waals surface area contributed by atoms with Crippen LogP contribution in [0.15, 0.2) is 72.3 Å². The van der Waals surface area contributed by atoms with Crippen LogP contribution < -0.4 is 25.8 Å². The molecule has 0 spiro atoms. The van der Waals surface area contributed by atoms with Gasteiger partial charge in [-0.15, -0.1) is 0 Å². The number of thiocarbonyl (C=S) groups is 1. The highest BCUT2D eigenvalue weighted by molar-refractivity contribution is 7.80. The second kappa shape index (κ2) is 11.1. The molecule has 4 rings (SSSR count). The molecule has 1 unspecified atom stereocenters. The number of amides is 2. The van der Waals surface area contributed by atoms with Crippen LogP contribution in [0.5, 0.6) is 5.75 Å². The maximum absolute atomic E-state index is 13.6. The van der Waals surface area contributed by atoms with Gasteiger partial charge in [0.2, 0.25) is 11.8 Å². The minimum atomic E-state index is -1.70. The number of benzene rings is 3. The maximum Gasteiger partial charge on any atom is 0.296 e. The number of nitro benzene ring substituents is 1. The Balaban J connectivity index is 1.74. The minimum Gasteiger partial charge on any atom is -0.871 e. The Morgan fingerprint density at radius 3 is 2.41 bits per heavy atom. The van der Waals surface area contributed by atoms with Crippen LogP contribution in [0, 0.1) is 22.0 Å². The fourth-order valence-electron chi connectivity index (χ4n) is 4.12. The van der Waals surface area contributed by atoms with Crippen molar-refractivity contribution in [2.75, 3.05) is 12.4 Å². The van der Waals surface area contributed by atoms with Crippen molar-refractivity contribution in [3.05, 3.63) is 88.0 Å². The lowest BCUT2D eigenvalue weighted by Gasteiger charge is -2.30. The van der Waals surface area contributed by atoms with Gasteiger partial charge >= 0.3 is 0 Å². The largest absolute Gasteiger partial charge is 0.871 e. The van der Waals surface area contributed by atoms with Crippen molar-refractivity contribution in [2.45, 2.75) is 6.42 Å². The van der Waals surface area contributed by atoms with Crippen molar-refractivity contribution in [3.63, 3.8) is 0 Å². The Morgan fingerprint density at radius 1 is 1.10 bits per heavy atom. The van der Waals surface area contributed by atoms with E-state index >= 15 is 0 Å². The highest BCUT2D eigenvalue weighted by Crippen LogP contribution is 2.32. The number of fused-ring (bicyclic) bond motifs is 1. The Bertz CT molecular complexity index is 1530. The molecule has 4 N–H and O–H groups in total. The number of aliphatic hydroxyl groups excluding tert-OH is 1. The van der Waals surface area contributed by atoms with Crippen molar-refractivity contribution < 1.29 is 34.3 Å². The molecule has 0 aromatic heterocycles. The molecule has 1 saturated heterocycles. The molecule has 0 bridgehead atoms. The number of nitrogens with zero attached hydrogens (tertiary/aromatic N) is 1. The highest BCUT2D eigenvalue weighted by atomic mass is 32.1. The number of aliphatic hydroxyl groups is 1.